The summed E-state index contributed by atoms with van der Waals surface area (Å²) in [6.45, 7) is 3.20. The zero-order valence-electron chi connectivity index (χ0n) is 21.3. The Balaban J connectivity index is 1.75. The number of rotatable bonds is 12. The fourth-order valence-electron chi connectivity index (χ4n) is 4.37. The average Bonchev–Trinajstić information content (AvgIpc) is 3.31. The number of halogens is 2. The van der Waals surface area contributed by atoms with E-state index >= 15 is 0 Å². The van der Waals surface area contributed by atoms with Crippen molar-refractivity contribution in [2.75, 3.05) is 19.8 Å². The van der Waals surface area contributed by atoms with Crippen LogP contribution in [0.5, 0.6) is 5.75 Å². The molecule has 6 nitrogen and oxygen atoms in total. The van der Waals surface area contributed by atoms with E-state index in [0.29, 0.717) is 37.6 Å². The molecule has 4 rings (SSSR count). The number of unbranched alkanes of at least 4 members (excludes halogenated alkanes) is 1. The van der Waals surface area contributed by atoms with E-state index in [1.807, 2.05) is 72.8 Å². The zero-order valence-corrected chi connectivity index (χ0v) is 24.5. The number of amides is 1. The van der Waals surface area contributed by atoms with Crippen LogP contribution in [-0.4, -0.2) is 42.2 Å². The molecule has 0 saturated heterocycles. The average molecular weight is 644 g/mol. The maximum atomic E-state index is 14.0. The molecule has 2 atom stereocenters. The van der Waals surface area contributed by atoms with E-state index < -0.39 is 11.6 Å². The summed E-state index contributed by atoms with van der Waals surface area (Å²) in [6.07, 6.45) is 2.20. The van der Waals surface area contributed by atoms with Gasteiger partial charge in [0.15, 0.2) is 11.6 Å². The fraction of sp³-hybridized carbons (Fsp3) is 0.333. The van der Waals surface area contributed by atoms with Crippen molar-refractivity contribution in [3.05, 3.63) is 98.4 Å². The Morgan fingerprint density at radius 3 is 2.29 bits per heavy atom. The first-order valence-corrected chi connectivity index (χ1v) is 14.4. The number of hydrogen-bond acceptors (Lipinski definition) is 5. The Labute approximate surface area is 240 Å². The van der Waals surface area contributed by atoms with E-state index in [1.165, 1.54) is 0 Å². The van der Waals surface area contributed by atoms with Crippen molar-refractivity contribution in [2.45, 2.75) is 44.2 Å². The molecule has 0 spiro atoms. The molecule has 1 aliphatic rings. The van der Waals surface area contributed by atoms with Crippen molar-refractivity contribution in [3.8, 4) is 5.75 Å². The van der Waals surface area contributed by atoms with Crippen molar-refractivity contribution in [1.82, 2.24) is 5.32 Å². The van der Waals surface area contributed by atoms with Crippen LogP contribution in [0.4, 0.5) is 0 Å². The van der Waals surface area contributed by atoms with Crippen LogP contribution >= 0.6 is 31.9 Å². The second-order valence-corrected chi connectivity index (χ2v) is 11.1. The third-order valence-electron chi connectivity index (χ3n) is 6.41. The number of carbonyl (C=O) groups is 1. The van der Waals surface area contributed by atoms with Gasteiger partial charge in [-0.3, -0.25) is 4.79 Å². The lowest BCUT2D eigenvalue weighted by Crippen LogP contribution is -2.50. The van der Waals surface area contributed by atoms with Gasteiger partial charge in [-0.05, 0) is 66.1 Å². The number of aliphatic hydroxyl groups is 1. The number of nitrogens with zero attached hydrogens (tertiary/aromatic N) is 1. The Morgan fingerprint density at radius 2 is 1.66 bits per heavy atom. The van der Waals surface area contributed by atoms with Crippen LogP contribution in [-0.2, 0) is 16.0 Å². The van der Waals surface area contributed by atoms with E-state index in [4.69, 9.17) is 19.6 Å². The molecule has 1 aliphatic heterocycles. The topological polar surface area (TPSA) is 80.2 Å². The molecule has 0 saturated carbocycles. The van der Waals surface area contributed by atoms with Gasteiger partial charge in [-0.25, -0.2) is 4.99 Å². The number of aliphatic imine (C=N–C) groups is 1. The maximum Gasteiger partial charge on any atom is 0.252 e. The summed E-state index contributed by atoms with van der Waals surface area (Å²) in [4.78, 5) is 19.0. The number of hydrogen-bond donors (Lipinski definition) is 2. The summed E-state index contributed by atoms with van der Waals surface area (Å²) >= 11 is 7.02. The predicted molar refractivity (Wildman–Crippen MR) is 157 cm³/mol. The Hall–Kier alpha value is -2.68. The Morgan fingerprint density at radius 1 is 1.00 bits per heavy atom. The summed E-state index contributed by atoms with van der Waals surface area (Å²) in [5.41, 5.74) is 1.43. The van der Waals surface area contributed by atoms with Gasteiger partial charge in [0, 0.05) is 40.5 Å². The predicted octanol–water partition coefficient (Wildman–Crippen LogP) is 6.39. The van der Waals surface area contributed by atoms with Gasteiger partial charge in [0.2, 0.25) is 5.90 Å². The molecule has 0 radical (unpaired) electrons. The molecule has 200 valence electrons. The Kier molecular flexibility index (Phi) is 9.99. The molecule has 0 unspecified atom stereocenters. The highest BCUT2D eigenvalue weighted by atomic mass is 79.9. The van der Waals surface area contributed by atoms with Crippen molar-refractivity contribution in [1.29, 1.82) is 0 Å². The summed E-state index contributed by atoms with van der Waals surface area (Å²) in [5, 5.41) is 12.1. The summed E-state index contributed by atoms with van der Waals surface area (Å²) < 4.78 is 14.1. The SMILES string of the molecule is CCCCNC(=O)[C@]1(Cc2ccc(Br)cc2)N=C(c2ccc(OCCCO)cc2)O[C@@H]1c1ccc(Br)cc1. The first-order valence-electron chi connectivity index (χ1n) is 12.8. The van der Waals surface area contributed by atoms with Crippen LogP contribution in [0.1, 0.15) is 49.0 Å². The molecular formula is C30H32Br2N2O4. The molecule has 0 bridgehead atoms. The molecule has 38 heavy (non-hydrogen) atoms. The third-order valence-corrected chi connectivity index (χ3v) is 7.46. The van der Waals surface area contributed by atoms with Crippen LogP contribution in [0.25, 0.3) is 0 Å². The van der Waals surface area contributed by atoms with E-state index in [0.717, 1.165) is 38.5 Å². The highest BCUT2D eigenvalue weighted by Gasteiger charge is 2.53. The second-order valence-electron chi connectivity index (χ2n) is 9.25. The minimum Gasteiger partial charge on any atom is -0.494 e. The standard InChI is InChI=1S/C30H32Br2N2O4/c1-2-3-17-33-29(36)30(20-21-5-11-24(31)12-6-21)27(22-7-13-25(32)14-8-22)38-28(34-30)23-9-15-26(16-10-23)37-19-4-18-35/h5-16,27,35H,2-4,17-20H2,1H3,(H,33,36)/t27-,30-/m1/s1. The van der Waals surface area contributed by atoms with Crippen molar-refractivity contribution >= 4 is 43.7 Å². The maximum absolute atomic E-state index is 14.0. The summed E-state index contributed by atoms with van der Waals surface area (Å²) in [7, 11) is 0. The molecule has 3 aromatic carbocycles. The van der Waals surface area contributed by atoms with Crippen LogP contribution < -0.4 is 10.1 Å². The van der Waals surface area contributed by atoms with Crippen LogP contribution in [0.15, 0.2) is 86.7 Å². The number of benzene rings is 3. The first-order chi connectivity index (χ1) is 18.4. The van der Waals surface area contributed by atoms with Crippen LogP contribution in [0.3, 0.4) is 0 Å². The monoisotopic (exact) mass is 642 g/mol. The van der Waals surface area contributed by atoms with Crippen LogP contribution in [0, 0.1) is 0 Å². The summed E-state index contributed by atoms with van der Waals surface area (Å²) in [6, 6.07) is 23.3. The van der Waals surface area contributed by atoms with Gasteiger partial charge in [0.25, 0.3) is 5.91 Å². The van der Waals surface area contributed by atoms with E-state index in [2.05, 4.69) is 44.1 Å². The zero-order chi connectivity index (χ0) is 27.0. The lowest BCUT2D eigenvalue weighted by molar-refractivity contribution is -0.128. The number of nitrogens with one attached hydrogen (secondary N) is 1. The molecule has 0 aromatic heterocycles. The largest absolute Gasteiger partial charge is 0.494 e. The highest BCUT2D eigenvalue weighted by molar-refractivity contribution is 9.10. The fourth-order valence-corrected chi connectivity index (χ4v) is 4.89. The number of ether oxygens (including phenoxy) is 2. The van der Waals surface area contributed by atoms with Gasteiger partial charge in [-0.15, -0.1) is 0 Å². The van der Waals surface area contributed by atoms with Gasteiger partial charge in [-0.2, -0.15) is 0 Å². The Bertz CT molecular complexity index is 1230. The lowest BCUT2D eigenvalue weighted by atomic mass is 9.82. The van der Waals surface area contributed by atoms with Gasteiger partial charge >= 0.3 is 0 Å². The van der Waals surface area contributed by atoms with Crippen LogP contribution in [0.2, 0.25) is 0 Å². The number of aliphatic hydroxyl groups excluding tert-OH is 1. The first kappa shape index (κ1) is 28.3. The van der Waals surface area contributed by atoms with E-state index in [-0.39, 0.29) is 12.5 Å². The van der Waals surface area contributed by atoms with Gasteiger partial charge in [-0.1, -0.05) is 69.5 Å². The smallest absolute Gasteiger partial charge is 0.252 e. The van der Waals surface area contributed by atoms with Crippen molar-refractivity contribution in [2.24, 2.45) is 4.99 Å². The molecule has 1 amide bonds. The van der Waals surface area contributed by atoms with E-state index in [9.17, 15) is 4.79 Å². The van der Waals surface area contributed by atoms with Gasteiger partial charge in [0.05, 0.1) is 6.61 Å². The van der Waals surface area contributed by atoms with Gasteiger partial charge < -0.3 is 19.9 Å². The van der Waals surface area contributed by atoms with Gasteiger partial charge in [0.1, 0.15) is 5.75 Å². The molecular weight excluding hydrogens is 612 g/mol. The van der Waals surface area contributed by atoms with E-state index in [1.54, 1.807) is 0 Å². The molecule has 3 aromatic rings. The van der Waals surface area contributed by atoms with Crippen molar-refractivity contribution in [3.63, 3.8) is 0 Å². The normalized spacial score (nSPS) is 18.5. The third kappa shape index (κ3) is 6.84. The molecule has 2 N–H and O–H groups in total. The summed E-state index contributed by atoms with van der Waals surface area (Å²) in [5.74, 6) is 0.965. The minimum atomic E-state index is -1.19. The quantitative estimate of drug-likeness (QED) is 0.224. The molecule has 8 heteroatoms. The number of carbonyl (C=O) groups excluding carboxylic acids is 1. The molecule has 0 fully saturated rings. The van der Waals surface area contributed by atoms with Crippen molar-refractivity contribution < 1.29 is 19.4 Å². The molecule has 1 heterocycles. The second kappa shape index (κ2) is 13.4. The minimum absolute atomic E-state index is 0.0843. The molecule has 0 aliphatic carbocycles. The lowest BCUT2D eigenvalue weighted by Gasteiger charge is -2.31. The highest BCUT2D eigenvalue weighted by Crippen LogP contribution is 2.43.